The van der Waals surface area contributed by atoms with E-state index in [4.69, 9.17) is 9.84 Å². The molecule has 0 bridgehead atoms. The Balaban J connectivity index is 2.87. The molecule has 0 aliphatic heterocycles. The minimum atomic E-state index is -1.46. The number of phenols is 1. The number of aromatic hydroxyl groups is 1. The second-order valence-corrected chi connectivity index (χ2v) is 4.18. The molecule has 0 saturated heterocycles. The molecule has 0 spiro atoms. The SMILES string of the molecule is CCCCCOc1c(CC)ccc(OC(=O)O)c1O. The molecule has 5 heteroatoms. The van der Waals surface area contributed by atoms with E-state index in [9.17, 15) is 9.90 Å². The average Bonchev–Trinajstić information content (AvgIpc) is 2.38. The molecule has 0 heterocycles. The van der Waals surface area contributed by atoms with Gasteiger partial charge in [-0.1, -0.05) is 32.8 Å². The van der Waals surface area contributed by atoms with Crippen molar-refractivity contribution in [1.82, 2.24) is 0 Å². The molecule has 0 saturated carbocycles. The quantitative estimate of drug-likeness (QED) is 0.449. The Bertz CT molecular complexity index is 428. The van der Waals surface area contributed by atoms with E-state index in [1.165, 1.54) is 6.07 Å². The Labute approximate surface area is 112 Å². The van der Waals surface area contributed by atoms with Gasteiger partial charge in [-0.15, -0.1) is 0 Å². The number of benzene rings is 1. The van der Waals surface area contributed by atoms with Crippen molar-refractivity contribution in [2.45, 2.75) is 39.5 Å². The largest absolute Gasteiger partial charge is 0.511 e. The van der Waals surface area contributed by atoms with Crippen LogP contribution in [0.1, 0.15) is 38.7 Å². The highest BCUT2D eigenvalue weighted by molar-refractivity contribution is 5.65. The zero-order valence-corrected chi connectivity index (χ0v) is 11.3. The third-order valence-electron chi connectivity index (χ3n) is 2.75. The molecule has 106 valence electrons. The smallest absolute Gasteiger partial charge is 0.502 e. The van der Waals surface area contributed by atoms with Gasteiger partial charge in [0.15, 0.2) is 11.5 Å². The predicted molar refractivity (Wildman–Crippen MR) is 71.2 cm³/mol. The monoisotopic (exact) mass is 268 g/mol. The van der Waals surface area contributed by atoms with Gasteiger partial charge in [0.05, 0.1) is 6.61 Å². The van der Waals surface area contributed by atoms with Gasteiger partial charge in [0.25, 0.3) is 0 Å². The van der Waals surface area contributed by atoms with Crippen LogP contribution < -0.4 is 9.47 Å². The van der Waals surface area contributed by atoms with Gasteiger partial charge >= 0.3 is 6.16 Å². The number of rotatable bonds is 7. The first-order valence-electron chi connectivity index (χ1n) is 6.48. The maximum atomic E-state index is 10.5. The maximum absolute atomic E-state index is 10.5. The fraction of sp³-hybridized carbons (Fsp3) is 0.500. The summed E-state index contributed by atoms with van der Waals surface area (Å²) < 4.78 is 10.1. The lowest BCUT2D eigenvalue weighted by Gasteiger charge is -2.14. The normalized spacial score (nSPS) is 10.2. The highest BCUT2D eigenvalue weighted by Gasteiger charge is 2.16. The maximum Gasteiger partial charge on any atom is 0.511 e. The van der Waals surface area contributed by atoms with E-state index in [0.29, 0.717) is 18.8 Å². The van der Waals surface area contributed by atoms with E-state index in [1.54, 1.807) is 6.07 Å². The number of aryl methyl sites for hydroxylation is 1. The van der Waals surface area contributed by atoms with Crippen LogP contribution in [-0.2, 0) is 6.42 Å². The van der Waals surface area contributed by atoms with Crippen molar-refractivity contribution < 1.29 is 24.5 Å². The highest BCUT2D eigenvalue weighted by Crippen LogP contribution is 2.39. The first-order chi connectivity index (χ1) is 9.10. The Hall–Kier alpha value is -1.91. The topological polar surface area (TPSA) is 76.0 Å². The Kier molecular flexibility index (Phi) is 5.99. The third-order valence-corrected chi connectivity index (χ3v) is 2.75. The van der Waals surface area contributed by atoms with Gasteiger partial charge < -0.3 is 19.7 Å². The zero-order chi connectivity index (χ0) is 14.3. The Morgan fingerprint density at radius 3 is 2.58 bits per heavy atom. The first kappa shape index (κ1) is 15.1. The van der Waals surface area contributed by atoms with Gasteiger partial charge in [-0.05, 0) is 24.5 Å². The van der Waals surface area contributed by atoms with Crippen LogP contribution in [0.3, 0.4) is 0 Å². The molecule has 0 amide bonds. The number of carboxylic acid groups (broad SMARTS) is 1. The summed E-state index contributed by atoms with van der Waals surface area (Å²) in [6.45, 7) is 4.52. The second-order valence-electron chi connectivity index (χ2n) is 4.18. The van der Waals surface area contributed by atoms with Gasteiger partial charge in [0.2, 0.25) is 5.75 Å². The van der Waals surface area contributed by atoms with Crippen molar-refractivity contribution in [3.8, 4) is 17.2 Å². The minimum absolute atomic E-state index is 0.102. The van der Waals surface area contributed by atoms with E-state index in [2.05, 4.69) is 11.7 Å². The highest BCUT2D eigenvalue weighted by atomic mass is 16.7. The molecule has 0 atom stereocenters. The summed E-state index contributed by atoms with van der Waals surface area (Å²) in [5.74, 6) is -0.0363. The molecule has 0 fully saturated rings. The van der Waals surface area contributed by atoms with Crippen molar-refractivity contribution in [2.75, 3.05) is 6.61 Å². The predicted octanol–water partition coefficient (Wildman–Crippen LogP) is 3.58. The molecule has 0 aliphatic carbocycles. The van der Waals surface area contributed by atoms with E-state index < -0.39 is 6.16 Å². The summed E-state index contributed by atoms with van der Waals surface area (Å²) in [7, 11) is 0. The van der Waals surface area contributed by atoms with Crippen LogP contribution in [0, 0.1) is 0 Å². The third kappa shape index (κ3) is 4.35. The van der Waals surface area contributed by atoms with Crippen molar-refractivity contribution in [3.05, 3.63) is 17.7 Å². The molecule has 1 aromatic rings. The lowest BCUT2D eigenvalue weighted by molar-refractivity contribution is 0.142. The molecule has 1 rings (SSSR count). The average molecular weight is 268 g/mol. The van der Waals surface area contributed by atoms with Crippen LogP contribution in [-0.4, -0.2) is 23.0 Å². The van der Waals surface area contributed by atoms with E-state index in [0.717, 1.165) is 24.8 Å². The molecule has 0 unspecified atom stereocenters. The van der Waals surface area contributed by atoms with Gasteiger partial charge in [-0.25, -0.2) is 4.79 Å². The molecule has 0 radical (unpaired) electrons. The van der Waals surface area contributed by atoms with Gasteiger partial charge in [0, 0.05) is 0 Å². The first-order valence-corrected chi connectivity index (χ1v) is 6.48. The standard InChI is InChI=1S/C14H20O5/c1-3-5-6-9-18-13-10(4-2)7-8-11(12(13)15)19-14(16)17/h7-8,15H,3-6,9H2,1-2H3,(H,16,17). The van der Waals surface area contributed by atoms with Crippen LogP contribution in [0.15, 0.2) is 12.1 Å². The van der Waals surface area contributed by atoms with E-state index in [-0.39, 0.29) is 11.5 Å². The number of ether oxygens (including phenoxy) is 2. The summed E-state index contributed by atoms with van der Waals surface area (Å²) in [6, 6.07) is 3.13. The second kappa shape index (κ2) is 7.51. The summed E-state index contributed by atoms with van der Waals surface area (Å²) in [4.78, 5) is 10.5. The molecular weight excluding hydrogens is 248 g/mol. The minimum Gasteiger partial charge on any atom is -0.502 e. The summed E-state index contributed by atoms with van der Waals surface area (Å²) in [5, 5.41) is 18.6. The molecule has 2 N–H and O–H groups in total. The zero-order valence-electron chi connectivity index (χ0n) is 11.3. The summed E-state index contributed by atoms with van der Waals surface area (Å²) >= 11 is 0. The van der Waals surface area contributed by atoms with Crippen LogP contribution in [0.5, 0.6) is 17.2 Å². The lowest BCUT2D eigenvalue weighted by atomic mass is 10.1. The van der Waals surface area contributed by atoms with Crippen LogP contribution in [0.4, 0.5) is 4.79 Å². The van der Waals surface area contributed by atoms with E-state index >= 15 is 0 Å². The van der Waals surface area contributed by atoms with Crippen molar-refractivity contribution in [3.63, 3.8) is 0 Å². The fourth-order valence-electron chi connectivity index (χ4n) is 1.74. The molecule has 0 aliphatic rings. The number of unbranched alkanes of at least 4 members (excludes halogenated alkanes) is 2. The number of phenolic OH excluding ortho intramolecular Hbond substituents is 1. The lowest BCUT2D eigenvalue weighted by Crippen LogP contribution is -2.05. The summed E-state index contributed by atoms with van der Waals surface area (Å²) in [5.41, 5.74) is 0.826. The van der Waals surface area contributed by atoms with Gasteiger partial charge in [-0.2, -0.15) is 0 Å². The van der Waals surface area contributed by atoms with Crippen molar-refractivity contribution >= 4 is 6.16 Å². The van der Waals surface area contributed by atoms with Crippen LogP contribution in [0.25, 0.3) is 0 Å². The van der Waals surface area contributed by atoms with Gasteiger partial charge in [0.1, 0.15) is 0 Å². The molecule has 19 heavy (non-hydrogen) atoms. The number of hydrogen-bond donors (Lipinski definition) is 2. The fourth-order valence-corrected chi connectivity index (χ4v) is 1.74. The van der Waals surface area contributed by atoms with Gasteiger partial charge in [-0.3, -0.25) is 0 Å². The van der Waals surface area contributed by atoms with Crippen LogP contribution >= 0.6 is 0 Å². The number of carbonyl (C=O) groups is 1. The van der Waals surface area contributed by atoms with E-state index in [1.807, 2.05) is 6.92 Å². The van der Waals surface area contributed by atoms with Crippen molar-refractivity contribution in [1.29, 1.82) is 0 Å². The molecular formula is C14H20O5. The number of hydrogen-bond acceptors (Lipinski definition) is 4. The van der Waals surface area contributed by atoms with Crippen LogP contribution in [0.2, 0.25) is 0 Å². The summed E-state index contributed by atoms with van der Waals surface area (Å²) in [6.07, 6.45) is 2.25. The van der Waals surface area contributed by atoms with Crippen molar-refractivity contribution in [2.24, 2.45) is 0 Å². The Morgan fingerprint density at radius 1 is 1.26 bits per heavy atom. The molecule has 5 nitrogen and oxygen atoms in total. The molecule has 0 aromatic heterocycles. The molecule has 1 aromatic carbocycles. The Morgan fingerprint density at radius 2 is 2.00 bits per heavy atom.